The van der Waals surface area contributed by atoms with Crippen LogP contribution < -0.4 is 9.47 Å². The van der Waals surface area contributed by atoms with Crippen LogP contribution in [-0.2, 0) is 11.3 Å². The maximum absolute atomic E-state index is 6.38. The zero-order chi connectivity index (χ0) is 21.3. The van der Waals surface area contributed by atoms with Gasteiger partial charge in [0.25, 0.3) is 0 Å². The summed E-state index contributed by atoms with van der Waals surface area (Å²) in [7, 11) is 1.64. The standard InChI is InChI=1S/C26H27ClO3/c1-4-25(30-24-16-14-23(28-3)15-17-24)19(2)26(21-10-12-22(27)13-11-21)29-18-20-8-6-5-7-9-20/h4-17,19,25-26H,1,18H2,2-3H3/t19-,25-,26+/m0/s1. The maximum atomic E-state index is 6.38. The largest absolute Gasteiger partial charge is 0.497 e. The zero-order valence-electron chi connectivity index (χ0n) is 17.3. The van der Waals surface area contributed by atoms with Gasteiger partial charge in [0.05, 0.1) is 19.8 Å². The molecule has 3 atom stereocenters. The van der Waals surface area contributed by atoms with Crippen molar-refractivity contribution in [2.24, 2.45) is 5.92 Å². The summed E-state index contributed by atoms with van der Waals surface area (Å²) in [5.41, 5.74) is 2.17. The molecule has 4 heteroatoms. The zero-order valence-corrected chi connectivity index (χ0v) is 18.1. The Bertz CT molecular complexity index is 907. The number of hydrogen-bond acceptors (Lipinski definition) is 3. The molecule has 3 aromatic rings. The molecule has 0 aromatic heterocycles. The number of hydrogen-bond donors (Lipinski definition) is 0. The lowest BCUT2D eigenvalue weighted by Gasteiger charge is -2.30. The summed E-state index contributed by atoms with van der Waals surface area (Å²) in [6.45, 7) is 6.61. The average molecular weight is 423 g/mol. The van der Waals surface area contributed by atoms with Crippen LogP contribution in [0.25, 0.3) is 0 Å². The molecule has 0 heterocycles. The van der Waals surface area contributed by atoms with Gasteiger partial charge in [0.1, 0.15) is 17.6 Å². The molecule has 0 bridgehead atoms. The van der Waals surface area contributed by atoms with E-state index < -0.39 is 0 Å². The first kappa shape index (κ1) is 21.9. The molecule has 3 aromatic carbocycles. The molecular weight excluding hydrogens is 396 g/mol. The van der Waals surface area contributed by atoms with Gasteiger partial charge < -0.3 is 14.2 Å². The summed E-state index contributed by atoms with van der Waals surface area (Å²) < 4.78 is 17.8. The Morgan fingerprint density at radius 2 is 1.53 bits per heavy atom. The second kappa shape index (κ2) is 10.9. The van der Waals surface area contributed by atoms with E-state index in [1.165, 1.54) is 0 Å². The molecule has 0 fully saturated rings. The Morgan fingerprint density at radius 1 is 0.900 bits per heavy atom. The maximum Gasteiger partial charge on any atom is 0.122 e. The number of halogens is 1. The van der Waals surface area contributed by atoms with Crippen LogP contribution in [0.5, 0.6) is 11.5 Å². The van der Waals surface area contributed by atoms with Crippen LogP contribution in [0, 0.1) is 5.92 Å². The Balaban J connectivity index is 1.79. The van der Waals surface area contributed by atoms with E-state index in [-0.39, 0.29) is 18.1 Å². The lowest BCUT2D eigenvalue weighted by atomic mass is 9.92. The number of benzene rings is 3. The third-order valence-electron chi connectivity index (χ3n) is 5.03. The second-order valence-corrected chi connectivity index (χ2v) is 7.56. The first-order valence-electron chi connectivity index (χ1n) is 9.95. The summed E-state index contributed by atoms with van der Waals surface area (Å²) in [6, 6.07) is 25.5. The van der Waals surface area contributed by atoms with Gasteiger partial charge in [-0.05, 0) is 47.5 Å². The van der Waals surface area contributed by atoms with Crippen molar-refractivity contribution in [2.45, 2.75) is 25.7 Å². The Labute approximate surface area is 183 Å². The van der Waals surface area contributed by atoms with Gasteiger partial charge in [0, 0.05) is 10.9 Å². The van der Waals surface area contributed by atoms with Crippen LogP contribution in [0.2, 0.25) is 5.02 Å². The predicted octanol–water partition coefficient (Wildman–Crippen LogP) is 6.88. The van der Waals surface area contributed by atoms with Crippen molar-refractivity contribution in [3.63, 3.8) is 0 Å². The highest BCUT2D eigenvalue weighted by Gasteiger charge is 2.28. The van der Waals surface area contributed by atoms with E-state index in [2.05, 4.69) is 25.6 Å². The van der Waals surface area contributed by atoms with Crippen LogP contribution in [0.3, 0.4) is 0 Å². The van der Waals surface area contributed by atoms with E-state index in [0.29, 0.717) is 11.6 Å². The minimum atomic E-state index is -0.241. The molecular formula is C26H27ClO3. The Kier molecular flexibility index (Phi) is 7.95. The third-order valence-corrected chi connectivity index (χ3v) is 5.28. The molecule has 0 aliphatic carbocycles. The lowest BCUT2D eigenvalue weighted by Crippen LogP contribution is -2.29. The first-order valence-corrected chi connectivity index (χ1v) is 10.3. The predicted molar refractivity (Wildman–Crippen MR) is 122 cm³/mol. The molecule has 0 saturated carbocycles. The van der Waals surface area contributed by atoms with Crippen LogP contribution in [0.15, 0.2) is 91.5 Å². The quantitative estimate of drug-likeness (QED) is 0.333. The van der Waals surface area contributed by atoms with Crippen molar-refractivity contribution < 1.29 is 14.2 Å². The van der Waals surface area contributed by atoms with Gasteiger partial charge in [-0.2, -0.15) is 0 Å². The highest BCUT2D eigenvalue weighted by Crippen LogP contribution is 2.33. The molecule has 0 radical (unpaired) electrons. The molecule has 0 amide bonds. The summed E-state index contributed by atoms with van der Waals surface area (Å²) in [5, 5.41) is 0.697. The van der Waals surface area contributed by atoms with E-state index in [1.54, 1.807) is 7.11 Å². The van der Waals surface area contributed by atoms with Gasteiger partial charge in [-0.3, -0.25) is 0 Å². The molecule has 30 heavy (non-hydrogen) atoms. The van der Waals surface area contributed by atoms with Crippen LogP contribution in [0.4, 0.5) is 0 Å². The Hall–Kier alpha value is -2.75. The van der Waals surface area contributed by atoms with E-state index in [1.807, 2.05) is 72.8 Å². The van der Waals surface area contributed by atoms with Gasteiger partial charge in [-0.1, -0.05) is 73.6 Å². The van der Waals surface area contributed by atoms with Crippen LogP contribution >= 0.6 is 11.6 Å². The lowest BCUT2D eigenvalue weighted by molar-refractivity contribution is -0.0229. The number of methoxy groups -OCH3 is 1. The summed E-state index contributed by atoms with van der Waals surface area (Å²) >= 11 is 6.10. The second-order valence-electron chi connectivity index (χ2n) is 7.12. The minimum Gasteiger partial charge on any atom is -0.497 e. The fourth-order valence-electron chi connectivity index (χ4n) is 3.32. The summed E-state index contributed by atoms with van der Waals surface area (Å²) in [4.78, 5) is 0. The average Bonchev–Trinajstić information content (AvgIpc) is 2.79. The Morgan fingerprint density at radius 3 is 2.13 bits per heavy atom. The van der Waals surface area contributed by atoms with E-state index in [4.69, 9.17) is 25.8 Å². The monoisotopic (exact) mass is 422 g/mol. The highest BCUT2D eigenvalue weighted by atomic mass is 35.5. The molecule has 3 nitrogen and oxygen atoms in total. The van der Waals surface area contributed by atoms with Gasteiger partial charge in [-0.25, -0.2) is 0 Å². The van der Waals surface area contributed by atoms with Crippen LogP contribution in [0.1, 0.15) is 24.2 Å². The fourth-order valence-corrected chi connectivity index (χ4v) is 3.44. The van der Waals surface area contributed by atoms with Crippen molar-refractivity contribution in [1.29, 1.82) is 0 Å². The number of ether oxygens (including phenoxy) is 3. The van der Waals surface area contributed by atoms with Crippen molar-refractivity contribution in [1.82, 2.24) is 0 Å². The van der Waals surface area contributed by atoms with Crippen molar-refractivity contribution in [3.8, 4) is 11.5 Å². The third kappa shape index (κ3) is 5.88. The van der Waals surface area contributed by atoms with Gasteiger partial charge in [-0.15, -0.1) is 0 Å². The smallest absolute Gasteiger partial charge is 0.122 e. The van der Waals surface area contributed by atoms with Crippen molar-refractivity contribution in [3.05, 3.63) is 108 Å². The van der Waals surface area contributed by atoms with Crippen LogP contribution in [-0.4, -0.2) is 13.2 Å². The minimum absolute atomic E-state index is 0.00879. The molecule has 0 aliphatic heterocycles. The van der Waals surface area contributed by atoms with Crippen molar-refractivity contribution in [2.75, 3.05) is 7.11 Å². The number of rotatable bonds is 10. The van der Waals surface area contributed by atoms with Gasteiger partial charge in [0.15, 0.2) is 0 Å². The van der Waals surface area contributed by atoms with E-state index in [9.17, 15) is 0 Å². The first-order chi connectivity index (χ1) is 14.6. The summed E-state index contributed by atoms with van der Waals surface area (Å²) in [5.74, 6) is 1.55. The molecule has 0 saturated heterocycles. The molecule has 0 N–H and O–H groups in total. The molecule has 0 unspecified atom stereocenters. The fraction of sp³-hybridized carbons (Fsp3) is 0.231. The molecule has 0 spiro atoms. The van der Waals surface area contributed by atoms with E-state index >= 15 is 0 Å². The van der Waals surface area contributed by atoms with Gasteiger partial charge >= 0.3 is 0 Å². The SMILES string of the molecule is C=C[C@H](Oc1ccc(OC)cc1)[C@H](C)[C@@H](OCc1ccccc1)c1ccc(Cl)cc1. The summed E-state index contributed by atoms with van der Waals surface area (Å²) in [6.07, 6.45) is 1.39. The van der Waals surface area contributed by atoms with E-state index in [0.717, 1.165) is 22.6 Å². The molecule has 0 aliphatic rings. The topological polar surface area (TPSA) is 27.7 Å². The van der Waals surface area contributed by atoms with Crippen molar-refractivity contribution >= 4 is 11.6 Å². The molecule has 3 rings (SSSR count). The van der Waals surface area contributed by atoms with Gasteiger partial charge in [0.2, 0.25) is 0 Å². The highest BCUT2D eigenvalue weighted by molar-refractivity contribution is 6.30. The normalized spacial score (nSPS) is 13.8. The molecule has 156 valence electrons.